The van der Waals surface area contributed by atoms with Crippen LogP contribution in [0.4, 0.5) is 0 Å². The minimum Gasteiger partial charge on any atom is -0.490 e. The summed E-state index contributed by atoms with van der Waals surface area (Å²) in [5.74, 6) is 0.521. The lowest BCUT2D eigenvalue weighted by Gasteiger charge is -2.29. The van der Waals surface area contributed by atoms with Crippen LogP contribution in [0, 0.1) is 0 Å². The minimum absolute atomic E-state index is 0.00297. The minimum atomic E-state index is -0.841. The molecule has 0 aliphatic carbocycles. The second-order valence-corrected chi connectivity index (χ2v) is 6.49. The fourth-order valence-electron chi connectivity index (χ4n) is 2.76. The Morgan fingerprint density at radius 1 is 1.26 bits per heavy atom. The lowest BCUT2D eigenvalue weighted by molar-refractivity contribution is -0.492. The van der Waals surface area contributed by atoms with E-state index in [0.717, 1.165) is 10.9 Å². The van der Waals surface area contributed by atoms with Crippen molar-refractivity contribution < 1.29 is 29.9 Å². The molecule has 1 atom stereocenters. The van der Waals surface area contributed by atoms with Crippen LogP contribution in [-0.4, -0.2) is 68.6 Å². The number of aromatic amines is 1. The normalized spacial score (nSPS) is 12.7. The third-order valence-electron chi connectivity index (χ3n) is 4.08. The van der Waals surface area contributed by atoms with E-state index in [1.807, 2.05) is 44.3 Å². The highest BCUT2D eigenvalue weighted by Gasteiger charge is 2.21. The lowest BCUT2D eigenvalue weighted by Crippen LogP contribution is -2.43. The number of rotatable bonds is 11. The molecule has 2 rings (SSSR count). The van der Waals surface area contributed by atoms with Crippen LogP contribution >= 0.6 is 0 Å². The number of aliphatic hydroxyl groups excluding tert-OH is 1. The van der Waals surface area contributed by atoms with Gasteiger partial charge in [0.1, 0.15) is 18.5 Å². The zero-order valence-electron chi connectivity index (χ0n) is 15.5. The van der Waals surface area contributed by atoms with E-state index in [2.05, 4.69) is 9.82 Å². The Morgan fingerprint density at radius 3 is 2.74 bits per heavy atom. The average molecular weight is 381 g/mol. The molecule has 0 fully saturated rings. The van der Waals surface area contributed by atoms with E-state index in [1.165, 1.54) is 0 Å². The van der Waals surface area contributed by atoms with Crippen molar-refractivity contribution in [3.8, 4) is 5.75 Å². The molecule has 0 aliphatic heterocycles. The molecule has 27 heavy (non-hydrogen) atoms. The predicted molar refractivity (Wildman–Crippen MR) is 97.2 cm³/mol. The molecule has 2 aromatic rings. The van der Waals surface area contributed by atoms with Gasteiger partial charge < -0.3 is 19.7 Å². The SMILES string of the molecule is CC(C)N(CC(O)COc1cccc2[nH]ccc12)C(=O)CCCON(O)O. The van der Waals surface area contributed by atoms with Gasteiger partial charge in [0.25, 0.3) is 0 Å². The van der Waals surface area contributed by atoms with Gasteiger partial charge in [-0.1, -0.05) is 6.07 Å². The van der Waals surface area contributed by atoms with Crippen molar-refractivity contribution in [3.63, 3.8) is 0 Å². The fraction of sp³-hybridized carbons (Fsp3) is 0.500. The van der Waals surface area contributed by atoms with Crippen LogP contribution in [0.15, 0.2) is 30.5 Å². The fourth-order valence-corrected chi connectivity index (χ4v) is 2.76. The first-order valence-electron chi connectivity index (χ1n) is 8.85. The van der Waals surface area contributed by atoms with Gasteiger partial charge in [-0.15, -0.1) is 0 Å². The summed E-state index contributed by atoms with van der Waals surface area (Å²) in [6, 6.07) is 7.46. The highest BCUT2D eigenvalue weighted by molar-refractivity contribution is 5.85. The first-order valence-corrected chi connectivity index (χ1v) is 8.85. The molecule has 1 aromatic carbocycles. The third kappa shape index (κ3) is 6.49. The van der Waals surface area contributed by atoms with Gasteiger partial charge in [0.15, 0.2) is 0 Å². The topological polar surface area (TPSA) is 118 Å². The smallest absolute Gasteiger partial charge is 0.222 e. The Labute approximate surface area is 157 Å². The Balaban J connectivity index is 1.84. The molecular weight excluding hydrogens is 354 g/mol. The van der Waals surface area contributed by atoms with E-state index in [0.29, 0.717) is 12.2 Å². The predicted octanol–water partition coefficient (Wildman–Crippen LogP) is 1.94. The molecule has 0 saturated heterocycles. The molecule has 0 spiro atoms. The number of aliphatic hydroxyl groups is 1. The van der Waals surface area contributed by atoms with Crippen molar-refractivity contribution in [2.24, 2.45) is 0 Å². The second-order valence-electron chi connectivity index (χ2n) is 6.49. The summed E-state index contributed by atoms with van der Waals surface area (Å²) in [5.41, 5.74) is 0.951. The zero-order valence-corrected chi connectivity index (χ0v) is 15.5. The van der Waals surface area contributed by atoms with Crippen LogP contribution in [0.1, 0.15) is 26.7 Å². The number of aromatic nitrogens is 1. The molecule has 1 amide bonds. The number of hydrogen-bond donors (Lipinski definition) is 4. The number of carbonyl (C=O) groups excluding carboxylic acids is 1. The quantitative estimate of drug-likeness (QED) is 0.347. The Hall–Kier alpha value is -2.17. The van der Waals surface area contributed by atoms with E-state index in [4.69, 9.17) is 15.2 Å². The maximum atomic E-state index is 12.4. The highest BCUT2D eigenvalue weighted by Crippen LogP contribution is 2.24. The van der Waals surface area contributed by atoms with E-state index >= 15 is 0 Å². The number of H-pyrrole nitrogens is 1. The number of nitrogens with zero attached hydrogens (tertiary/aromatic N) is 2. The van der Waals surface area contributed by atoms with Gasteiger partial charge in [-0.2, -0.15) is 0 Å². The van der Waals surface area contributed by atoms with E-state index < -0.39 is 6.10 Å². The highest BCUT2D eigenvalue weighted by atomic mass is 17.1. The number of carbonyl (C=O) groups is 1. The molecule has 4 N–H and O–H groups in total. The van der Waals surface area contributed by atoms with E-state index in [-0.39, 0.29) is 43.5 Å². The monoisotopic (exact) mass is 381 g/mol. The van der Waals surface area contributed by atoms with Crippen LogP contribution < -0.4 is 4.74 Å². The van der Waals surface area contributed by atoms with Gasteiger partial charge in [-0.25, -0.2) is 0 Å². The number of benzene rings is 1. The van der Waals surface area contributed by atoms with Crippen molar-refractivity contribution in [1.82, 2.24) is 15.3 Å². The largest absolute Gasteiger partial charge is 0.490 e. The molecule has 0 saturated carbocycles. The number of hydrogen-bond acceptors (Lipinski definition) is 7. The van der Waals surface area contributed by atoms with Gasteiger partial charge in [-0.05, 0) is 38.5 Å². The maximum absolute atomic E-state index is 12.4. The molecule has 9 heteroatoms. The molecule has 9 nitrogen and oxygen atoms in total. The summed E-state index contributed by atoms with van der Waals surface area (Å²) in [6.07, 6.45) is 1.47. The van der Waals surface area contributed by atoms with Crippen molar-refractivity contribution >= 4 is 16.8 Å². The number of amides is 1. The van der Waals surface area contributed by atoms with Gasteiger partial charge in [0.05, 0.1) is 18.5 Å². The Bertz CT molecular complexity index is 718. The summed E-state index contributed by atoms with van der Waals surface area (Å²) in [7, 11) is 0. The van der Waals surface area contributed by atoms with Crippen molar-refractivity contribution in [2.75, 3.05) is 19.8 Å². The van der Waals surface area contributed by atoms with Crippen molar-refractivity contribution in [2.45, 2.75) is 38.8 Å². The molecule has 0 aliphatic rings. The molecule has 1 aromatic heterocycles. The van der Waals surface area contributed by atoms with Crippen LogP contribution in [0.25, 0.3) is 10.9 Å². The summed E-state index contributed by atoms with van der Waals surface area (Å²) in [4.78, 5) is 21.5. The summed E-state index contributed by atoms with van der Waals surface area (Å²) in [5, 5.41) is 27.8. The number of fused-ring (bicyclic) bond motifs is 1. The first-order chi connectivity index (χ1) is 12.9. The molecule has 0 radical (unpaired) electrons. The zero-order chi connectivity index (χ0) is 19.8. The summed E-state index contributed by atoms with van der Waals surface area (Å²) in [6.45, 7) is 3.94. The van der Waals surface area contributed by atoms with Gasteiger partial charge in [0, 0.05) is 29.6 Å². The lowest BCUT2D eigenvalue weighted by atomic mass is 10.2. The van der Waals surface area contributed by atoms with Crippen LogP contribution in [0.5, 0.6) is 5.75 Å². The molecule has 0 bridgehead atoms. The standard InChI is InChI=1S/C18H27N3O6/c1-13(2)20(18(23)7-4-10-27-21(24)25)11-14(22)12-26-17-6-3-5-16-15(17)8-9-19-16/h3,5-6,8-9,13-14,19,22,24-25H,4,7,10-12H2,1-2H3. The molecular formula is C18H27N3O6. The molecule has 150 valence electrons. The summed E-state index contributed by atoms with van der Waals surface area (Å²) >= 11 is 0. The summed E-state index contributed by atoms with van der Waals surface area (Å²) < 4.78 is 5.74. The average Bonchev–Trinajstić information content (AvgIpc) is 3.10. The Kier molecular flexibility index (Phi) is 8.01. The van der Waals surface area contributed by atoms with Crippen LogP contribution in [-0.2, 0) is 9.63 Å². The van der Waals surface area contributed by atoms with E-state index in [1.54, 1.807) is 4.90 Å². The van der Waals surface area contributed by atoms with Crippen LogP contribution in [0.2, 0.25) is 0 Å². The van der Waals surface area contributed by atoms with Gasteiger partial charge in [-0.3, -0.25) is 20.0 Å². The third-order valence-corrected chi connectivity index (χ3v) is 4.08. The van der Waals surface area contributed by atoms with Gasteiger partial charge in [0.2, 0.25) is 5.91 Å². The van der Waals surface area contributed by atoms with Gasteiger partial charge >= 0.3 is 0 Å². The Morgan fingerprint density at radius 2 is 2.04 bits per heavy atom. The molecule has 1 heterocycles. The number of ether oxygens (including phenoxy) is 1. The maximum Gasteiger partial charge on any atom is 0.222 e. The first kappa shape index (κ1) is 21.1. The van der Waals surface area contributed by atoms with E-state index in [9.17, 15) is 9.90 Å². The second kappa shape index (κ2) is 10.2. The molecule has 1 unspecified atom stereocenters. The van der Waals surface area contributed by atoms with Crippen molar-refractivity contribution in [3.05, 3.63) is 30.5 Å². The van der Waals surface area contributed by atoms with Crippen molar-refractivity contribution in [1.29, 1.82) is 0 Å². The van der Waals surface area contributed by atoms with Crippen LogP contribution in [0.3, 0.4) is 0 Å². The number of nitrogens with one attached hydrogen (secondary N) is 1.